The molecule has 0 saturated heterocycles. The quantitative estimate of drug-likeness (QED) is 0.826. The summed E-state index contributed by atoms with van der Waals surface area (Å²) in [5.41, 5.74) is 3.58. The molecule has 20 heavy (non-hydrogen) atoms. The lowest BCUT2D eigenvalue weighted by Crippen LogP contribution is -2.43. The fraction of sp³-hybridized carbons (Fsp3) is 0.684. The van der Waals surface area contributed by atoms with Crippen LogP contribution < -0.4 is 5.32 Å². The number of nitrogens with one attached hydrogen (secondary N) is 1. The van der Waals surface area contributed by atoms with Crippen molar-refractivity contribution in [3.05, 3.63) is 35.4 Å². The van der Waals surface area contributed by atoms with Crippen LogP contribution in [0, 0.1) is 5.92 Å². The molecule has 110 valence electrons. The lowest BCUT2D eigenvalue weighted by atomic mass is 9.66. The standard InChI is InChI=1S/C19H29N/c1-19(2,3)20-13-15-11-12-17(15)18-10-5-4-9-16(18)14-7-6-8-14/h4-5,9-10,14-15,17,20H,6-8,11-13H2,1-3H3. The lowest BCUT2D eigenvalue weighted by molar-refractivity contribution is 0.223. The van der Waals surface area contributed by atoms with Crippen LogP contribution in [0.1, 0.15) is 75.8 Å². The highest BCUT2D eigenvalue weighted by molar-refractivity contribution is 5.36. The summed E-state index contributed by atoms with van der Waals surface area (Å²) in [6.07, 6.45) is 7.04. The average molecular weight is 271 g/mol. The molecule has 0 spiro atoms. The lowest BCUT2D eigenvalue weighted by Gasteiger charge is -2.41. The number of hydrogen-bond donors (Lipinski definition) is 1. The average Bonchev–Trinajstić information content (AvgIpc) is 2.26. The molecule has 0 heterocycles. The van der Waals surface area contributed by atoms with Crippen molar-refractivity contribution in [2.24, 2.45) is 5.92 Å². The van der Waals surface area contributed by atoms with E-state index in [1.807, 2.05) is 0 Å². The van der Waals surface area contributed by atoms with Gasteiger partial charge in [0.1, 0.15) is 0 Å². The minimum atomic E-state index is 0.244. The molecule has 1 aromatic carbocycles. The number of hydrogen-bond acceptors (Lipinski definition) is 1. The summed E-state index contributed by atoms with van der Waals surface area (Å²) in [7, 11) is 0. The Morgan fingerprint density at radius 1 is 1.00 bits per heavy atom. The van der Waals surface area contributed by atoms with Crippen LogP contribution in [0.4, 0.5) is 0 Å². The third kappa shape index (κ3) is 2.93. The van der Waals surface area contributed by atoms with Gasteiger partial charge in [0.15, 0.2) is 0 Å². The van der Waals surface area contributed by atoms with Crippen LogP contribution in [0.3, 0.4) is 0 Å². The molecule has 1 aromatic rings. The van der Waals surface area contributed by atoms with Crippen molar-refractivity contribution in [2.45, 2.75) is 70.3 Å². The van der Waals surface area contributed by atoms with Crippen molar-refractivity contribution in [3.63, 3.8) is 0 Å². The third-order valence-electron chi connectivity index (χ3n) is 5.25. The first-order chi connectivity index (χ1) is 9.54. The second kappa shape index (κ2) is 5.52. The van der Waals surface area contributed by atoms with Crippen LogP contribution in [0.15, 0.2) is 24.3 Å². The first kappa shape index (κ1) is 14.1. The topological polar surface area (TPSA) is 12.0 Å². The van der Waals surface area contributed by atoms with E-state index in [1.165, 1.54) is 38.6 Å². The van der Waals surface area contributed by atoms with Crippen molar-refractivity contribution in [2.75, 3.05) is 6.54 Å². The molecule has 0 radical (unpaired) electrons. The second-order valence-corrected chi connectivity index (χ2v) is 7.83. The van der Waals surface area contributed by atoms with Crippen molar-refractivity contribution in [3.8, 4) is 0 Å². The summed E-state index contributed by atoms with van der Waals surface area (Å²) in [5.74, 6) is 2.51. The molecule has 0 aliphatic heterocycles. The molecule has 0 amide bonds. The van der Waals surface area contributed by atoms with Crippen LogP contribution in [-0.2, 0) is 0 Å². The maximum absolute atomic E-state index is 3.70. The van der Waals surface area contributed by atoms with E-state index in [2.05, 4.69) is 50.4 Å². The van der Waals surface area contributed by atoms with Crippen molar-refractivity contribution < 1.29 is 0 Å². The van der Waals surface area contributed by atoms with E-state index < -0.39 is 0 Å². The van der Waals surface area contributed by atoms with Gasteiger partial charge in [0.25, 0.3) is 0 Å². The first-order valence-electron chi connectivity index (χ1n) is 8.38. The van der Waals surface area contributed by atoms with Crippen LogP contribution in [0.5, 0.6) is 0 Å². The second-order valence-electron chi connectivity index (χ2n) is 7.83. The van der Waals surface area contributed by atoms with Gasteiger partial charge in [0, 0.05) is 5.54 Å². The largest absolute Gasteiger partial charge is 0.312 e. The molecule has 1 N–H and O–H groups in total. The van der Waals surface area contributed by atoms with Gasteiger partial charge in [-0.2, -0.15) is 0 Å². The maximum Gasteiger partial charge on any atom is 0.00966 e. The zero-order valence-electron chi connectivity index (χ0n) is 13.3. The van der Waals surface area contributed by atoms with Crippen molar-refractivity contribution in [1.82, 2.24) is 5.32 Å². The Hall–Kier alpha value is -0.820. The molecular formula is C19H29N. The van der Waals surface area contributed by atoms with Gasteiger partial charge in [0.05, 0.1) is 0 Å². The highest BCUT2D eigenvalue weighted by Gasteiger charge is 2.35. The van der Waals surface area contributed by atoms with E-state index in [0.717, 1.165) is 17.8 Å². The minimum Gasteiger partial charge on any atom is -0.312 e. The van der Waals surface area contributed by atoms with E-state index in [1.54, 1.807) is 11.1 Å². The molecule has 3 rings (SSSR count). The van der Waals surface area contributed by atoms with E-state index in [9.17, 15) is 0 Å². The molecule has 2 atom stereocenters. The Labute approximate surface area is 124 Å². The highest BCUT2D eigenvalue weighted by Crippen LogP contribution is 2.47. The third-order valence-corrected chi connectivity index (χ3v) is 5.25. The smallest absolute Gasteiger partial charge is 0.00966 e. The predicted octanol–water partition coefficient (Wildman–Crippen LogP) is 4.84. The Bertz CT molecular complexity index is 453. The molecule has 1 nitrogen and oxygen atoms in total. The SMILES string of the molecule is CC(C)(C)NCC1CCC1c1ccccc1C1CCC1. The van der Waals surface area contributed by atoms with Gasteiger partial charge in [-0.05, 0) is 81.9 Å². The van der Waals surface area contributed by atoms with Crippen LogP contribution >= 0.6 is 0 Å². The van der Waals surface area contributed by atoms with Gasteiger partial charge in [-0.25, -0.2) is 0 Å². The summed E-state index contributed by atoms with van der Waals surface area (Å²) in [6.45, 7) is 7.97. The molecule has 1 heteroatoms. The van der Waals surface area contributed by atoms with Gasteiger partial charge in [-0.3, -0.25) is 0 Å². The van der Waals surface area contributed by atoms with Gasteiger partial charge in [0.2, 0.25) is 0 Å². The first-order valence-corrected chi connectivity index (χ1v) is 8.38. The Morgan fingerprint density at radius 2 is 1.70 bits per heavy atom. The van der Waals surface area contributed by atoms with E-state index in [4.69, 9.17) is 0 Å². The predicted molar refractivity (Wildman–Crippen MR) is 86.3 cm³/mol. The molecule has 2 aliphatic carbocycles. The van der Waals surface area contributed by atoms with E-state index in [0.29, 0.717) is 0 Å². The maximum atomic E-state index is 3.70. The monoisotopic (exact) mass is 271 g/mol. The summed E-state index contributed by atoms with van der Waals surface area (Å²) >= 11 is 0. The molecule has 0 aromatic heterocycles. The normalized spacial score (nSPS) is 26.9. The van der Waals surface area contributed by atoms with Crippen molar-refractivity contribution in [1.29, 1.82) is 0 Å². The Balaban J connectivity index is 1.70. The fourth-order valence-electron chi connectivity index (χ4n) is 3.60. The molecule has 2 saturated carbocycles. The van der Waals surface area contributed by atoms with Crippen LogP contribution in [0.25, 0.3) is 0 Å². The molecule has 2 aliphatic rings. The zero-order chi connectivity index (χ0) is 14.2. The van der Waals surface area contributed by atoms with E-state index in [-0.39, 0.29) is 5.54 Å². The zero-order valence-corrected chi connectivity index (χ0v) is 13.3. The van der Waals surface area contributed by atoms with Gasteiger partial charge in [-0.15, -0.1) is 0 Å². The Morgan fingerprint density at radius 3 is 2.20 bits per heavy atom. The minimum absolute atomic E-state index is 0.244. The van der Waals surface area contributed by atoms with Gasteiger partial charge < -0.3 is 5.32 Å². The fourth-order valence-corrected chi connectivity index (χ4v) is 3.60. The Kier molecular flexibility index (Phi) is 3.90. The number of benzene rings is 1. The van der Waals surface area contributed by atoms with Crippen LogP contribution in [-0.4, -0.2) is 12.1 Å². The van der Waals surface area contributed by atoms with Gasteiger partial charge in [-0.1, -0.05) is 30.7 Å². The molecule has 0 bridgehead atoms. The van der Waals surface area contributed by atoms with E-state index >= 15 is 0 Å². The van der Waals surface area contributed by atoms with Gasteiger partial charge >= 0.3 is 0 Å². The van der Waals surface area contributed by atoms with Crippen molar-refractivity contribution >= 4 is 0 Å². The molecular weight excluding hydrogens is 242 g/mol. The molecule has 2 unspecified atom stereocenters. The van der Waals surface area contributed by atoms with Crippen LogP contribution in [0.2, 0.25) is 0 Å². The molecule has 2 fully saturated rings. The summed E-state index contributed by atoms with van der Waals surface area (Å²) in [5, 5.41) is 3.70. The highest BCUT2D eigenvalue weighted by atomic mass is 14.9. The summed E-state index contributed by atoms with van der Waals surface area (Å²) in [4.78, 5) is 0. The summed E-state index contributed by atoms with van der Waals surface area (Å²) in [6, 6.07) is 9.27. The number of rotatable bonds is 4. The summed E-state index contributed by atoms with van der Waals surface area (Å²) < 4.78 is 0.